The summed E-state index contributed by atoms with van der Waals surface area (Å²) < 4.78 is 20.9. The Morgan fingerprint density at radius 2 is 1.78 bits per heavy atom. The van der Waals surface area contributed by atoms with Crippen LogP contribution in [0.3, 0.4) is 0 Å². The molecule has 1 aromatic rings. The quantitative estimate of drug-likeness (QED) is 0.228. The third-order valence-electron chi connectivity index (χ3n) is 5.27. The molecule has 1 heterocycles. The van der Waals surface area contributed by atoms with E-state index in [9.17, 15) is 4.55 Å². The molecule has 1 aliphatic rings. The molecule has 0 N–H and O–H groups in total. The van der Waals surface area contributed by atoms with Crippen LogP contribution in [0.5, 0.6) is 0 Å². The lowest BCUT2D eigenvalue weighted by Crippen LogP contribution is -2.38. The van der Waals surface area contributed by atoms with Crippen molar-refractivity contribution >= 4 is 11.4 Å². The Morgan fingerprint density at radius 1 is 1.11 bits per heavy atom. The van der Waals surface area contributed by atoms with E-state index < -0.39 is 11.4 Å². The fraction of sp³-hybridized carbons (Fsp3) is 0.652. The molecule has 2 atom stereocenters. The van der Waals surface area contributed by atoms with E-state index in [4.69, 9.17) is 4.74 Å². The highest BCUT2D eigenvalue weighted by molar-refractivity contribution is 7.89. The van der Waals surface area contributed by atoms with Gasteiger partial charge < -0.3 is 9.29 Å². The molecule has 4 heteroatoms. The summed E-state index contributed by atoms with van der Waals surface area (Å²) in [6.07, 6.45) is 14.4. The molecule has 1 fully saturated rings. The first-order chi connectivity index (χ1) is 13.2. The molecule has 0 bridgehead atoms. The average molecular weight is 392 g/mol. The van der Waals surface area contributed by atoms with E-state index >= 15 is 0 Å². The Kier molecular flexibility index (Phi) is 11.1. The Labute approximate surface area is 169 Å². The second-order valence-corrected chi connectivity index (χ2v) is 9.06. The SMILES string of the molecule is C=CCCCCCCCCCOC[C@@H]1CCCN1[S+]([O-])c1ccc(C)cc1. The highest BCUT2D eigenvalue weighted by Crippen LogP contribution is 2.26. The molecule has 0 amide bonds. The van der Waals surface area contributed by atoms with Crippen molar-refractivity contribution in [3.05, 3.63) is 42.5 Å². The van der Waals surface area contributed by atoms with Gasteiger partial charge in [-0.15, -0.1) is 10.9 Å². The van der Waals surface area contributed by atoms with Gasteiger partial charge in [0.05, 0.1) is 24.0 Å². The number of rotatable bonds is 14. The van der Waals surface area contributed by atoms with E-state index in [1.807, 2.05) is 30.3 Å². The van der Waals surface area contributed by atoms with Crippen molar-refractivity contribution in [1.82, 2.24) is 4.31 Å². The molecule has 1 aliphatic heterocycles. The smallest absolute Gasteiger partial charge is 0.174 e. The number of unbranched alkanes of at least 4 members (excludes halogenated alkanes) is 7. The summed E-state index contributed by atoms with van der Waals surface area (Å²) in [4.78, 5) is 0.903. The minimum absolute atomic E-state index is 0.289. The van der Waals surface area contributed by atoms with Gasteiger partial charge in [-0.3, -0.25) is 0 Å². The van der Waals surface area contributed by atoms with Crippen LogP contribution in [-0.4, -0.2) is 34.7 Å². The molecule has 152 valence electrons. The second kappa shape index (κ2) is 13.4. The Balaban J connectivity index is 1.56. The van der Waals surface area contributed by atoms with E-state index in [2.05, 4.69) is 17.8 Å². The first-order valence-electron chi connectivity index (χ1n) is 10.7. The number of nitrogens with zero attached hydrogens (tertiary/aromatic N) is 1. The van der Waals surface area contributed by atoms with Crippen LogP contribution in [0, 0.1) is 6.92 Å². The van der Waals surface area contributed by atoms with Crippen molar-refractivity contribution in [2.75, 3.05) is 19.8 Å². The third kappa shape index (κ3) is 8.39. The predicted molar refractivity (Wildman–Crippen MR) is 115 cm³/mol. The zero-order chi connectivity index (χ0) is 19.3. The van der Waals surface area contributed by atoms with Gasteiger partial charge in [0.25, 0.3) is 0 Å². The van der Waals surface area contributed by atoms with Gasteiger partial charge in [0, 0.05) is 13.2 Å². The summed E-state index contributed by atoms with van der Waals surface area (Å²) in [6.45, 7) is 8.26. The number of benzene rings is 1. The zero-order valence-electron chi connectivity index (χ0n) is 17.0. The lowest BCUT2D eigenvalue weighted by Gasteiger charge is -2.25. The van der Waals surface area contributed by atoms with Crippen LogP contribution in [0.25, 0.3) is 0 Å². The third-order valence-corrected chi connectivity index (χ3v) is 6.85. The maximum atomic E-state index is 12.8. The Bertz CT molecular complexity index is 520. The second-order valence-electron chi connectivity index (χ2n) is 7.63. The first kappa shape index (κ1) is 22.5. The van der Waals surface area contributed by atoms with E-state index in [1.54, 1.807) is 0 Å². The van der Waals surface area contributed by atoms with Crippen LogP contribution >= 0.6 is 0 Å². The van der Waals surface area contributed by atoms with Crippen molar-refractivity contribution < 1.29 is 9.29 Å². The van der Waals surface area contributed by atoms with Crippen LogP contribution in [0.4, 0.5) is 0 Å². The summed E-state index contributed by atoms with van der Waals surface area (Å²) in [6, 6.07) is 8.33. The summed E-state index contributed by atoms with van der Waals surface area (Å²) in [7, 11) is 0. The van der Waals surface area contributed by atoms with Crippen molar-refractivity contribution in [2.45, 2.75) is 82.1 Å². The minimum atomic E-state index is -1.07. The topological polar surface area (TPSA) is 35.5 Å². The largest absolute Gasteiger partial charge is 0.593 e. The van der Waals surface area contributed by atoms with Crippen molar-refractivity contribution in [3.63, 3.8) is 0 Å². The molecule has 0 saturated carbocycles. The summed E-state index contributed by atoms with van der Waals surface area (Å²) in [5.41, 5.74) is 1.20. The molecule has 3 nitrogen and oxygen atoms in total. The van der Waals surface area contributed by atoms with Crippen LogP contribution < -0.4 is 0 Å². The lowest BCUT2D eigenvalue weighted by molar-refractivity contribution is 0.0959. The maximum Gasteiger partial charge on any atom is 0.174 e. The van der Waals surface area contributed by atoms with Gasteiger partial charge in [-0.2, -0.15) is 0 Å². The summed E-state index contributed by atoms with van der Waals surface area (Å²) in [5.74, 6) is 0. The molecular formula is C23H37NO2S. The summed E-state index contributed by atoms with van der Waals surface area (Å²) in [5, 5.41) is 0. The van der Waals surface area contributed by atoms with Gasteiger partial charge in [-0.1, -0.05) is 55.9 Å². The molecule has 27 heavy (non-hydrogen) atoms. The lowest BCUT2D eigenvalue weighted by atomic mass is 10.1. The van der Waals surface area contributed by atoms with Crippen LogP contribution in [0.1, 0.15) is 69.8 Å². The fourth-order valence-corrected chi connectivity index (χ4v) is 4.95. The number of ether oxygens (including phenoxy) is 1. The molecule has 0 spiro atoms. The van der Waals surface area contributed by atoms with Gasteiger partial charge in [0.15, 0.2) is 4.90 Å². The first-order valence-corrected chi connectivity index (χ1v) is 11.8. The predicted octanol–water partition coefficient (Wildman–Crippen LogP) is 5.81. The van der Waals surface area contributed by atoms with Gasteiger partial charge in [0.1, 0.15) is 0 Å². The van der Waals surface area contributed by atoms with Gasteiger partial charge in [-0.25, -0.2) is 0 Å². The molecule has 0 aromatic heterocycles. The van der Waals surface area contributed by atoms with Crippen LogP contribution in [-0.2, 0) is 16.1 Å². The maximum absolute atomic E-state index is 12.8. The number of aryl methyl sites for hydroxylation is 1. The van der Waals surface area contributed by atoms with Crippen molar-refractivity contribution in [3.8, 4) is 0 Å². The van der Waals surface area contributed by atoms with E-state index in [-0.39, 0.29) is 6.04 Å². The van der Waals surface area contributed by atoms with Gasteiger partial charge >= 0.3 is 0 Å². The highest BCUT2D eigenvalue weighted by Gasteiger charge is 2.35. The number of hydrogen-bond acceptors (Lipinski definition) is 3. The average Bonchev–Trinajstić information content (AvgIpc) is 3.14. The normalized spacial score (nSPS) is 18.7. The minimum Gasteiger partial charge on any atom is -0.593 e. The van der Waals surface area contributed by atoms with Crippen LogP contribution in [0.2, 0.25) is 0 Å². The summed E-state index contributed by atoms with van der Waals surface area (Å²) >= 11 is -1.07. The van der Waals surface area contributed by atoms with Crippen molar-refractivity contribution in [2.24, 2.45) is 0 Å². The van der Waals surface area contributed by atoms with E-state index in [1.165, 1.54) is 44.1 Å². The van der Waals surface area contributed by atoms with E-state index in [0.717, 1.165) is 43.7 Å². The van der Waals surface area contributed by atoms with Crippen LogP contribution in [0.15, 0.2) is 41.8 Å². The molecule has 1 aromatic carbocycles. The molecule has 1 saturated heterocycles. The highest BCUT2D eigenvalue weighted by atomic mass is 32.2. The molecule has 0 aliphatic carbocycles. The van der Waals surface area contributed by atoms with Gasteiger partial charge in [-0.05, 0) is 51.2 Å². The molecular weight excluding hydrogens is 354 g/mol. The zero-order valence-corrected chi connectivity index (χ0v) is 17.9. The fourth-order valence-electron chi connectivity index (χ4n) is 3.58. The number of allylic oxidation sites excluding steroid dienone is 1. The van der Waals surface area contributed by atoms with Crippen molar-refractivity contribution in [1.29, 1.82) is 0 Å². The van der Waals surface area contributed by atoms with Gasteiger partial charge in [0.2, 0.25) is 0 Å². The molecule has 1 unspecified atom stereocenters. The monoisotopic (exact) mass is 391 g/mol. The standard InChI is InChI=1S/C23H37NO2S/c1-3-4-5-6-7-8-9-10-11-19-26-20-22-13-12-18-24(22)27(25)23-16-14-21(2)15-17-23/h3,14-17,22H,1,4-13,18-20H2,2H3/t22-,27?/m0/s1. The Morgan fingerprint density at radius 3 is 2.48 bits per heavy atom. The molecule has 0 radical (unpaired) electrons. The Hall–Kier alpha value is -0.810. The number of hydrogen-bond donors (Lipinski definition) is 0. The van der Waals surface area contributed by atoms with E-state index in [0.29, 0.717) is 6.61 Å². The molecule has 2 rings (SSSR count).